The molecule has 25 heavy (non-hydrogen) atoms. The monoisotopic (exact) mass is 333 g/mol. The molecule has 3 heterocycles. The van der Waals surface area contributed by atoms with Crippen LogP contribution in [0, 0.1) is 6.92 Å². The molecule has 0 N–H and O–H groups in total. The Kier molecular flexibility index (Phi) is 4.61. The van der Waals surface area contributed by atoms with Gasteiger partial charge in [0.15, 0.2) is 0 Å². The molecule has 0 bridgehead atoms. The zero-order valence-corrected chi connectivity index (χ0v) is 14.6. The van der Waals surface area contributed by atoms with Crippen molar-refractivity contribution in [1.29, 1.82) is 0 Å². The summed E-state index contributed by atoms with van der Waals surface area (Å²) in [6.45, 7) is 3.80. The minimum Gasteiger partial charge on any atom is -0.376 e. The molecule has 0 aliphatic carbocycles. The molecule has 0 amide bonds. The molecule has 0 spiro atoms. The fraction of sp³-hybridized carbons (Fsp3) is 0.333. The second-order valence-electron chi connectivity index (χ2n) is 6.66. The molecule has 1 aromatic carbocycles. The Labute approximate surface area is 148 Å². The van der Waals surface area contributed by atoms with Gasteiger partial charge in [0.2, 0.25) is 0 Å². The Morgan fingerprint density at radius 1 is 1.12 bits per heavy atom. The molecule has 0 radical (unpaired) electrons. The molecule has 1 saturated heterocycles. The third-order valence-electron chi connectivity index (χ3n) is 4.75. The van der Waals surface area contributed by atoms with Crippen LogP contribution < -0.4 is 0 Å². The number of benzene rings is 1. The van der Waals surface area contributed by atoms with Crippen molar-refractivity contribution in [2.45, 2.75) is 38.8 Å². The summed E-state index contributed by atoms with van der Waals surface area (Å²) in [5.74, 6) is 0. The van der Waals surface area contributed by atoms with Crippen LogP contribution in [0.5, 0.6) is 0 Å². The first-order valence-corrected chi connectivity index (χ1v) is 8.97. The molecule has 0 unspecified atom stereocenters. The van der Waals surface area contributed by atoms with Crippen LogP contribution in [0.3, 0.4) is 0 Å². The van der Waals surface area contributed by atoms with Crippen molar-refractivity contribution in [2.24, 2.45) is 0 Å². The van der Waals surface area contributed by atoms with E-state index in [-0.39, 0.29) is 0 Å². The number of rotatable bonds is 4. The highest BCUT2D eigenvalue weighted by Gasteiger charge is 2.15. The minimum atomic E-state index is 0.295. The molecule has 0 saturated carbocycles. The van der Waals surface area contributed by atoms with Crippen LogP contribution in [0.1, 0.15) is 24.8 Å². The molecule has 1 aliphatic heterocycles. The lowest BCUT2D eigenvalue weighted by molar-refractivity contribution is 0.00403. The second-order valence-corrected chi connectivity index (χ2v) is 6.66. The highest BCUT2D eigenvalue weighted by atomic mass is 16.5. The normalized spacial score (nSPS) is 17.6. The van der Waals surface area contributed by atoms with Crippen LogP contribution in [0.15, 0.2) is 54.9 Å². The number of aryl methyl sites for hydroxylation is 1. The summed E-state index contributed by atoms with van der Waals surface area (Å²) in [7, 11) is 0. The van der Waals surface area contributed by atoms with Crippen molar-refractivity contribution in [3.8, 4) is 22.5 Å². The first kappa shape index (κ1) is 16.0. The number of nitrogens with zero attached hydrogens (tertiary/aromatic N) is 3. The Morgan fingerprint density at radius 3 is 2.88 bits per heavy atom. The maximum atomic E-state index is 5.82. The molecule has 4 heteroatoms. The van der Waals surface area contributed by atoms with Crippen LogP contribution in [0.4, 0.5) is 0 Å². The number of aromatic nitrogens is 3. The smallest absolute Gasteiger partial charge is 0.0923 e. The summed E-state index contributed by atoms with van der Waals surface area (Å²) in [5, 5.41) is 4.75. The lowest BCUT2D eigenvalue weighted by Crippen LogP contribution is -2.24. The van der Waals surface area contributed by atoms with Gasteiger partial charge in [0.05, 0.1) is 24.0 Å². The molecular formula is C21H23N3O. The van der Waals surface area contributed by atoms with Gasteiger partial charge in [0, 0.05) is 30.1 Å². The first-order valence-electron chi connectivity index (χ1n) is 8.97. The SMILES string of the molecule is Cc1cccnc1-c1cccc(-c2ccn(C[C@@H]3CCCCO3)n2)c1. The lowest BCUT2D eigenvalue weighted by atomic mass is 10.0. The molecule has 4 rings (SSSR count). The van der Waals surface area contributed by atoms with E-state index in [4.69, 9.17) is 9.84 Å². The van der Waals surface area contributed by atoms with Gasteiger partial charge in [0.1, 0.15) is 0 Å². The van der Waals surface area contributed by atoms with E-state index in [2.05, 4.69) is 48.3 Å². The van der Waals surface area contributed by atoms with Crippen LogP contribution in [0.2, 0.25) is 0 Å². The van der Waals surface area contributed by atoms with Crippen LogP contribution in [0.25, 0.3) is 22.5 Å². The van der Waals surface area contributed by atoms with E-state index in [1.165, 1.54) is 18.4 Å². The van der Waals surface area contributed by atoms with E-state index >= 15 is 0 Å². The Balaban J connectivity index is 1.56. The van der Waals surface area contributed by atoms with Crippen molar-refractivity contribution in [1.82, 2.24) is 14.8 Å². The second kappa shape index (κ2) is 7.19. The zero-order chi connectivity index (χ0) is 17.1. The third kappa shape index (κ3) is 3.64. The van der Waals surface area contributed by atoms with Crippen molar-refractivity contribution in [3.63, 3.8) is 0 Å². The average Bonchev–Trinajstić information content (AvgIpc) is 3.12. The molecule has 128 valence electrons. The van der Waals surface area contributed by atoms with E-state index in [9.17, 15) is 0 Å². The van der Waals surface area contributed by atoms with Gasteiger partial charge in [-0.05, 0) is 49.9 Å². The maximum absolute atomic E-state index is 5.82. The first-order chi connectivity index (χ1) is 12.3. The highest BCUT2D eigenvalue weighted by molar-refractivity contribution is 5.70. The molecule has 1 fully saturated rings. The molecule has 1 aliphatic rings. The summed E-state index contributed by atoms with van der Waals surface area (Å²) in [6, 6.07) is 14.6. The Morgan fingerprint density at radius 2 is 2.04 bits per heavy atom. The number of hydrogen-bond acceptors (Lipinski definition) is 3. The fourth-order valence-electron chi connectivity index (χ4n) is 3.39. The Hall–Kier alpha value is -2.46. The number of ether oxygens (including phenoxy) is 1. The van der Waals surface area contributed by atoms with Crippen molar-refractivity contribution >= 4 is 0 Å². The van der Waals surface area contributed by atoms with Crippen molar-refractivity contribution < 1.29 is 4.74 Å². The number of hydrogen-bond donors (Lipinski definition) is 0. The van der Waals surface area contributed by atoms with Gasteiger partial charge < -0.3 is 4.74 Å². The van der Waals surface area contributed by atoms with E-state index < -0.39 is 0 Å². The summed E-state index contributed by atoms with van der Waals surface area (Å²) < 4.78 is 7.82. The van der Waals surface area contributed by atoms with E-state index in [0.717, 1.165) is 42.1 Å². The van der Waals surface area contributed by atoms with Crippen LogP contribution in [-0.2, 0) is 11.3 Å². The largest absolute Gasteiger partial charge is 0.376 e. The molecule has 1 atom stereocenters. The van der Waals surface area contributed by atoms with Gasteiger partial charge >= 0.3 is 0 Å². The van der Waals surface area contributed by atoms with Gasteiger partial charge in [0.25, 0.3) is 0 Å². The summed E-state index contributed by atoms with van der Waals surface area (Å²) in [6.07, 6.45) is 7.75. The van der Waals surface area contributed by atoms with Crippen molar-refractivity contribution in [3.05, 3.63) is 60.4 Å². The summed E-state index contributed by atoms with van der Waals surface area (Å²) in [4.78, 5) is 4.52. The quantitative estimate of drug-likeness (QED) is 0.706. The van der Waals surface area contributed by atoms with E-state index in [1.807, 2.05) is 23.1 Å². The Bertz CT molecular complexity index is 850. The van der Waals surface area contributed by atoms with Gasteiger partial charge in [-0.15, -0.1) is 0 Å². The molecule has 2 aromatic heterocycles. The number of pyridine rings is 1. The van der Waals surface area contributed by atoms with Gasteiger partial charge in [-0.25, -0.2) is 0 Å². The third-order valence-corrected chi connectivity index (χ3v) is 4.75. The predicted octanol–water partition coefficient (Wildman–Crippen LogP) is 4.49. The van der Waals surface area contributed by atoms with Gasteiger partial charge in [-0.2, -0.15) is 5.10 Å². The lowest BCUT2D eigenvalue weighted by Gasteiger charge is -2.22. The summed E-state index contributed by atoms with van der Waals surface area (Å²) in [5.41, 5.74) is 5.44. The topological polar surface area (TPSA) is 39.9 Å². The minimum absolute atomic E-state index is 0.295. The standard InChI is InChI=1S/C21H23N3O/c1-16-6-5-11-22-21(16)18-8-4-7-17(14-18)20-10-12-24(23-20)15-19-9-2-3-13-25-19/h4-8,10-12,14,19H,2-3,9,13,15H2,1H3/t19-/m0/s1. The molecular weight excluding hydrogens is 310 g/mol. The van der Waals surface area contributed by atoms with Crippen LogP contribution >= 0.6 is 0 Å². The van der Waals surface area contributed by atoms with Gasteiger partial charge in [-0.1, -0.05) is 24.3 Å². The van der Waals surface area contributed by atoms with Crippen molar-refractivity contribution in [2.75, 3.05) is 6.61 Å². The van der Waals surface area contributed by atoms with E-state index in [1.54, 1.807) is 0 Å². The maximum Gasteiger partial charge on any atom is 0.0923 e. The van der Waals surface area contributed by atoms with E-state index in [0.29, 0.717) is 6.10 Å². The fourth-order valence-corrected chi connectivity index (χ4v) is 3.39. The average molecular weight is 333 g/mol. The zero-order valence-electron chi connectivity index (χ0n) is 14.6. The highest BCUT2D eigenvalue weighted by Crippen LogP contribution is 2.26. The summed E-state index contributed by atoms with van der Waals surface area (Å²) >= 11 is 0. The molecule has 3 aromatic rings. The predicted molar refractivity (Wildman–Crippen MR) is 99.2 cm³/mol. The van der Waals surface area contributed by atoms with Crippen LogP contribution in [-0.4, -0.2) is 27.5 Å². The van der Waals surface area contributed by atoms with Gasteiger partial charge in [-0.3, -0.25) is 9.67 Å². The molecule has 4 nitrogen and oxygen atoms in total.